The number of ether oxygens (including phenoxy) is 2. The van der Waals surface area contributed by atoms with Crippen LogP contribution in [0.4, 0.5) is 0 Å². The van der Waals surface area contributed by atoms with Gasteiger partial charge in [0.15, 0.2) is 6.10 Å². The van der Waals surface area contributed by atoms with E-state index in [1.54, 1.807) is 6.26 Å². The molecular weight excluding hydrogens is 368 g/mol. The van der Waals surface area contributed by atoms with E-state index in [1.165, 1.54) is 83.5 Å². The van der Waals surface area contributed by atoms with Crippen molar-refractivity contribution in [1.82, 2.24) is 0 Å². The van der Waals surface area contributed by atoms with Crippen LogP contribution in [0.5, 0.6) is 0 Å². The van der Waals surface area contributed by atoms with E-state index in [-0.39, 0.29) is 13.2 Å². The molecule has 1 heterocycles. The Balaban J connectivity index is 1.89. The molecule has 0 spiro atoms. The van der Waals surface area contributed by atoms with E-state index in [4.69, 9.17) is 9.47 Å². The molecule has 0 radical (unpaired) electrons. The smallest absolute Gasteiger partial charge is 0.154 e. The minimum absolute atomic E-state index is 0.0228. The minimum Gasteiger partial charge on any atom is -0.493 e. The van der Waals surface area contributed by atoms with Crippen LogP contribution >= 0.6 is 0 Å². The van der Waals surface area contributed by atoms with E-state index in [1.807, 2.05) is 6.08 Å². The van der Waals surface area contributed by atoms with Crippen molar-refractivity contribution in [1.29, 1.82) is 0 Å². The normalized spacial score (nSPS) is 25.0. The lowest BCUT2D eigenvalue weighted by molar-refractivity contribution is -0.197. The molecule has 0 aromatic carbocycles. The fourth-order valence-corrected chi connectivity index (χ4v) is 3.85. The van der Waals surface area contributed by atoms with Crippen molar-refractivity contribution < 1.29 is 24.8 Å². The summed E-state index contributed by atoms with van der Waals surface area (Å²) in [5.74, 6) is 0. The monoisotopic (exact) mass is 414 g/mol. The standard InChI is InChI=1S/C24H46O5/c1-2-3-4-5-6-7-8-9-10-11-12-13-14-15-16-17-18-28-24-22(19-25)29-20-21(26)23(24)27/h17-18,21-27H,2-16,19-20H2,1H3/b18-17+/t21-,22+,23+,24+/m0/s1. The molecule has 1 fully saturated rings. The quantitative estimate of drug-likeness (QED) is 0.220. The number of hydrogen-bond donors (Lipinski definition) is 3. The van der Waals surface area contributed by atoms with Crippen molar-refractivity contribution in [3.05, 3.63) is 12.3 Å². The fraction of sp³-hybridized carbons (Fsp3) is 0.917. The Morgan fingerprint density at radius 2 is 1.34 bits per heavy atom. The van der Waals surface area contributed by atoms with Crippen LogP contribution in [0.2, 0.25) is 0 Å². The van der Waals surface area contributed by atoms with Crippen LogP contribution in [0.25, 0.3) is 0 Å². The van der Waals surface area contributed by atoms with E-state index < -0.39 is 24.4 Å². The van der Waals surface area contributed by atoms with Gasteiger partial charge in [-0.15, -0.1) is 0 Å². The van der Waals surface area contributed by atoms with Gasteiger partial charge in [0, 0.05) is 0 Å². The topological polar surface area (TPSA) is 79.2 Å². The zero-order valence-electron chi connectivity index (χ0n) is 18.6. The largest absolute Gasteiger partial charge is 0.493 e. The van der Waals surface area contributed by atoms with Crippen molar-refractivity contribution >= 4 is 0 Å². The highest BCUT2D eigenvalue weighted by atomic mass is 16.6. The van der Waals surface area contributed by atoms with Crippen molar-refractivity contribution in [2.24, 2.45) is 0 Å². The van der Waals surface area contributed by atoms with Gasteiger partial charge in [-0.25, -0.2) is 0 Å². The van der Waals surface area contributed by atoms with Crippen LogP contribution in [0.1, 0.15) is 103 Å². The molecule has 1 aliphatic heterocycles. The number of allylic oxidation sites excluding steroid dienone is 1. The minimum atomic E-state index is -1.04. The van der Waals surface area contributed by atoms with Crippen molar-refractivity contribution in [2.45, 2.75) is 128 Å². The first kappa shape index (κ1) is 26.4. The molecule has 0 aromatic heterocycles. The van der Waals surface area contributed by atoms with Crippen LogP contribution in [0.3, 0.4) is 0 Å². The highest BCUT2D eigenvalue weighted by Crippen LogP contribution is 2.19. The molecule has 0 saturated carbocycles. The van der Waals surface area contributed by atoms with Gasteiger partial charge in [0.1, 0.15) is 18.3 Å². The molecule has 1 saturated heterocycles. The van der Waals surface area contributed by atoms with E-state index in [9.17, 15) is 15.3 Å². The second kappa shape index (κ2) is 18.2. The molecule has 0 amide bonds. The van der Waals surface area contributed by atoms with Gasteiger partial charge < -0.3 is 24.8 Å². The summed E-state index contributed by atoms with van der Waals surface area (Å²) in [6.45, 7) is 2.06. The number of aliphatic hydroxyl groups excluding tert-OH is 3. The van der Waals surface area contributed by atoms with Gasteiger partial charge in [0.25, 0.3) is 0 Å². The maximum Gasteiger partial charge on any atom is 0.154 e. The third kappa shape index (κ3) is 12.6. The second-order valence-corrected chi connectivity index (χ2v) is 8.47. The third-order valence-electron chi connectivity index (χ3n) is 5.81. The highest BCUT2D eigenvalue weighted by Gasteiger charge is 2.39. The van der Waals surface area contributed by atoms with E-state index in [0.29, 0.717) is 0 Å². The summed E-state index contributed by atoms with van der Waals surface area (Å²) in [7, 11) is 0. The summed E-state index contributed by atoms with van der Waals surface area (Å²) in [4.78, 5) is 0. The summed E-state index contributed by atoms with van der Waals surface area (Å²) in [6.07, 6.45) is 20.1. The van der Waals surface area contributed by atoms with Crippen molar-refractivity contribution in [2.75, 3.05) is 13.2 Å². The van der Waals surface area contributed by atoms with Gasteiger partial charge in [-0.3, -0.25) is 0 Å². The summed E-state index contributed by atoms with van der Waals surface area (Å²) < 4.78 is 10.8. The Labute approximate surface area is 178 Å². The van der Waals surface area contributed by atoms with E-state index in [0.717, 1.165) is 12.8 Å². The molecule has 29 heavy (non-hydrogen) atoms. The van der Waals surface area contributed by atoms with Crippen molar-refractivity contribution in [3.63, 3.8) is 0 Å². The Morgan fingerprint density at radius 3 is 1.86 bits per heavy atom. The summed E-state index contributed by atoms with van der Waals surface area (Å²) in [6, 6.07) is 0. The first-order chi connectivity index (χ1) is 14.2. The third-order valence-corrected chi connectivity index (χ3v) is 5.81. The summed E-state index contributed by atoms with van der Waals surface area (Å²) in [5.41, 5.74) is 0. The Morgan fingerprint density at radius 1 is 0.828 bits per heavy atom. The molecule has 5 heteroatoms. The average molecular weight is 415 g/mol. The van der Waals surface area contributed by atoms with Crippen molar-refractivity contribution in [3.8, 4) is 0 Å². The first-order valence-corrected chi connectivity index (χ1v) is 12.1. The Kier molecular flexibility index (Phi) is 16.6. The molecule has 172 valence electrons. The number of hydrogen-bond acceptors (Lipinski definition) is 5. The molecule has 0 aromatic rings. The number of rotatable bonds is 18. The summed E-state index contributed by atoms with van der Waals surface area (Å²) in [5, 5.41) is 28.9. The molecule has 3 N–H and O–H groups in total. The lowest BCUT2D eigenvalue weighted by atomic mass is 10.0. The molecule has 4 atom stereocenters. The fourth-order valence-electron chi connectivity index (χ4n) is 3.85. The Hall–Kier alpha value is -0.620. The number of aliphatic hydroxyl groups is 3. The Bertz CT molecular complexity index is 385. The molecule has 1 rings (SSSR count). The molecule has 0 unspecified atom stereocenters. The molecule has 0 aliphatic carbocycles. The maximum atomic E-state index is 9.97. The predicted molar refractivity (Wildman–Crippen MR) is 118 cm³/mol. The van der Waals surface area contributed by atoms with Gasteiger partial charge >= 0.3 is 0 Å². The SMILES string of the molecule is CCCCCCCCCCCCCCCC/C=C/O[C@H]1[C@H](O)[C@@H](O)CO[C@@H]1CO. The van der Waals surface area contributed by atoms with E-state index >= 15 is 0 Å². The van der Waals surface area contributed by atoms with Crippen LogP contribution in [0, 0.1) is 0 Å². The average Bonchev–Trinajstić information content (AvgIpc) is 2.73. The zero-order valence-corrected chi connectivity index (χ0v) is 18.6. The van der Waals surface area contributed by atoms with E-state index in [2.05, 4.69) is 6.92 Å². The molecule has 1 aliphatic rings. The second-order valence-electron chi connectivity index (χ2n) is 8.47. The summed E-state index contributed by atoms with van der Waals surface area (Å²) >= 11 is 0. The number of unbranched alkanes of at least 4 members (excludes halogenated alkanes) is 14. The van der Waals surface area contributed by atoms with Gasteiger partial charge in [-0.1, -0.05) is 90.4 Å². The van der Waals surface area contributed by atoms with Gasteiger partial charge in [-0.05, 0) is 18.9 Å². The van der Waals surface area contributed by atoms with Gasteiger partial charge in [0.05, 0.1) is 19.5 Å². The lowest BCUT2D eigenvalue weighted by Crippen LogP contribution is -2.54. The zero-order chi connectivity index (χ0) is 21.2. The van der Waals surface area contributed by atoms with Crippen LogP contribution in [0.15, 0.2) is 12.3 Å². The maximum absolute atomic E-state index is 9.97. The lowest BCUT2D eigenvalue weighted by Gasteiger charge is -2.36. The van der Waals surface area contributed by atoms with Crippen LogP contribution in [-0.2, 0) is 9.47 Å². The highest BCUT2D eigenvalue weighted by molar-refractivity contribution is 4.89. The molecule has 0 bridgehead atoms. The first-order valence-electron chi connectivity index (χ1n) is 12.1. The van der Waals surface area contributed by atoms with Crippen LogP contribution < -0.4 is 0 Å². The molecule has 5 nitrogen and oxygen atoms in total. The van der Waals surface area contributed by atoms with Gasteiger partial charge in [-0.2, -0.15) is 0 Å². The molecular formula is C24H46O5. The van der Waals surface area contributed by atoms with Gasteiger partial charge in [0.2, 0.25) is 0 Å². The predicted octanol–water partition coefficient (Wildman–Crippen LogP) is 4.87. The van der Waals surface area contributed by atoms with Crippen LogP contribution in [-0.4, -0.2) is 52.9 Å².